The number of hydrogen-bond acceptors (Lipinski definition) is 2. The summed E-state index contributed by atoms with van der Waals surface area (Å²) in [6.07, 6.45) is 1.91. The molecule has 4 aromatic heterocycles. The molecular weight excluding hydrogens is 1340 g/mol. The molecule has 0 N–H and O–H groups in total. The summed E-state index contributed by atoms with van der Waals surface area (Å²) in [4.78, 5) is 4.96. The predicted molar refractivity (Wildman–Crippen MR) is 388 cm³/mol. The van der Waals surface area contributed by atoms with E-state index in [4.69, 9.17) is 9.72 Å². The molecule has 0 spiro atoms. The Morgan fingerprint density at radius 2 is 0.768 bits per heavy atom. The first kappa shape index (κ1) is 57.5. The monoisotopic (exact) mass is 1400 g/mol. The molecule has 0 atom stereocenters. The van der Waals surface area contributed by atoms with Crippen LogP contribution in [0, 0.1) is 15.9 Å². The van der Waals surface area contributed by atoms with Crippen LogP contribution in [0.25, 0.3) is 144 Å². The number of hydrogen-bond donors (Lipinski definition) is 0. The van der Waals surface area contributed by atoms with Crippen LogP contribution in [0.15, 0.2) is 316 Å². The molecular formula is C88H61N5OPt-2. The quantitative estimate of drug-likeness (QED) is 0.114. The van der Waals surface area contributed by atoms with Crippen molar-refractivity contribution in [1.29, 1.82) is 0 Å². The zero-order chi connectivity index (χ0) is 63.7. The van der Waals surface area contributed by atoms with Gasteiger partial charge in [0.25, 0.3) is 0 Å². The van der Waals surface area contributed by atoms with Crippen molar-refractivity contribution in [2.24, 2.45) is 0 Å². The molecule has 13 aromatic carbocycles. The molecule has 4 heterocycles. The molecule has 0 aliphatic carbocycles. The Labute approximate surface area is 562 Å². The van der Waals surface area contributed by atoms with Gasteiger partial charge in [-0.25, -0.2) is 0 Å². The normalized spacial score (nSPS) is 11.8. The fourth-order valence-electron chi connectivity index (χ4n) is 14.2. The Kier molecular flexibility index (Phi) is 14.3. The van der Waals surface area contributed by atoms with Crippen LogP contribution in [-0.4, -0.2) is 23.3 Å². The second-order valence-electron chi connectivity index (χ2n) is 25.2. The molecule has 0 fully saturated rings. The number of rotatable bonds is 12. The molecule has 0 aliphatic rings. The van der Waals surface area contributed by atoms with Crippen LogP contribution >= 0.6 is 0 Å². The van der Waals surface area contributed by atoms with Crippen molar-refractivity contribution in [3.63, 3.8) is 0 Å². The third-order valence-corrected chi connectivity index (χ3v) is 19.5. The Hall–Kier alpha value is -11.4. The van der Waals surface area contributed by atoms with Crippen molar-refractivity contribution in [2.45, 2.75) is 26.2 Å². The average molecular weight is 1400 g/mol. The van der Waals surface area contributed by atoms with Crippen molar-refractivity contribution >= 4 is 54.6 Å². The zero-order valence-electron chi connectivity index (χ0n) is 52.5. The van der Waals surface area contributed by atoms with Gasteiger partial charge in [-0.1, -0.05) is 32.9 Å². The SMILES string of the molecule is CC(C)(C)c1ccnc(-n2c3[c-]c(Oc4[c-]c(-n5[c](=[Pt])n(-c6c(-c7c(-c8ccccc8)cccc7-c7ccccc7)cc(-n7c8ccccc8c8ccccc87)cc6-c6c(-c7ccccc7)cccc6-c6ccccc6)c6ccccc65)ccc4)ccc3c3ccccc32)c1. The van der Waals surface area contributed by atoms with Crippen LogP contribution in [0.2, 0.25) is 0 Å². The first-order valence-electron chi connectivity index (χ1n) is 32.2. The van der Waals surface area contributed by atoms with E-state index in [2.05, 4.69) is 368 Å². The maximum absolute atomic E-state index is 6.97. The van der Waals surface area contributed by atoms with Crippen LogP contribution in [0.3, 0.4) is 0 Å². The maximum atomic E-state index is 6.97. The fourth-order valence-corrected chi connectivity index (χ4v) is 15.2. The van der Waals surface area contributed by atoms with Crippen LogP contribution in [-0.2, 0) is 24.8 Å². The number of ether oxygens (including phenoxy) is 1. The van der Waals surface area contributed by atoms with Crippen LogP contribution in [0.4, 0.5) is 0 Å². The van der Waals surface area contributed by atoms with Gasteiger partial charge in [-0.05, 0) is 17.0 Å². The van der Waals surface area contributed by atoms with E-state index < -0.39 is 0 Å². The molecule has 17 rings (SSSR count). The average Bonchev–Trinajstić information content (AvgIpc) is 1.69. The summed E-state index contributed by atoms with van der Waals surface area (Å²) in [6.45, 7) is 6.71. The number of fused-ring (bicyclic) bond motifs is 7. The zero-order valence-corrected chi connectivity index (χ0v) is 54.8. The number of benzene rings is 13. The number of pyridine rings is 1. The second kappa shape index (κ2) is 23.6. The standard InChI is InChI=1S/C88H61N5O.Pt/c1-88(2,3)63-51-52-89-84(53-63)93-80-46-21-18-39-74(80)75-50-49-67(57-83(75)93)94-66-36-24-35-64(54-66)90-58-91(82-48-23-22-47-81(82)90)87-76(85-68(59-27-8-4-9-28-59)40-25-41-69(85)60-29-10-5-11-30-60)55-65(92-78-44-19-16-37-72(78)73-38-17-20-45-79(73)92)56-77(87)86-70(61-31-12-6-13-32-61)42-26-43-71(86)62-33-14-7-15-34-62;/h4-53,55-56H,1-3H3;/q-2;. The molecule has 0 saturated carbocycles. The van der Waals surface area contributed by atoms with Gasteiger partial charge in [-0.3, -0.25) is 0 Å². The summed E-state index contributed by atoms with van der Waals surface area (Å²) in [5.41, 5.74) is 23.4. The summed E-state index contributed by atoms with van der Waals surface area (Å²) in [5, 5.41) is 4.57. The summed E-state index contributed by atoms with van der Waals surface area (Å²) >= 11 is 2.58. The molecule has 0 amide bonds. The number of imidazole rings is 1. The molecule has 0 bridgehead atoms. The van der Waals surface area contributed by atoms with E-state index in [1.54, 1.807) is 0 Å². The minimum atomic E-state index is -0.0690. The van der Waals surface area contributed by atoms with E-state index in [0.29, 0.717) is 11.5 Å². The van der Waals surface area contributed by atoms with Gasteiger partial charge in [0, 0.05) is 6.20 Å². The Bertz CT molecular complexity index is 5560. The summed E-state index contributed by atoms with van der Waals surface area (Å²) in [7, 11) is 0. The van der Waals surface area contributed by atoms with Crippen LogP contribution in [0.5, 0.6) is 11.5 Å². The van der Waals surface area contributed by atoms with Gasteiger partial charge in [-0.15, -0.1) is 0 Å². The Balaban J connectivity index is 0.966. The van der Waals surface area contributed by atoms with E-state index in [9.17, 15) is 0 Å². The van der Waals surface area contributed by atoms with E-state index in [1.165, 1.54) is 16.3 Å². The van der Waals surface area contributed by atoms with Crippen LogP contribution < -0.4 is 4.74 Å². The van der Waals surface area contributed by atoms with E-state index >= 15 is 0 Å². The minimum absolute atomic E-state index is 0.0690. The van der Waals surface area contributed by atoms with Crippen LogP contribution in [0.1, 0.15) is 26.3 Å². The molecule has 7 heteroatoms. The Morgan fingerprint density at radius 3 is 1.26 bits per heavy atom. The molecule has 456 valence electrons. The second-order valence-corrected chi connectivity index (χ2v) is 26.2. The first-order valence-corrected chi connectivity index (χ1v) is 33.3. The van der Waals surface area contributed by atoms with E-state index in [0.717, 1.165) is 137 Å². The third-order valence-electron chi connectivity index (χ3n) is 18.5. The molecule has 0 aliphatic heterocycles. The summed E-state index contributed by atoms with van der Waals surface area (Å²) in [5.74, 6) is 1.96. The van der Waals surface area contributed by atoms with Crippen molar-refractivity contribution in [3.8, 4) is 101 Å². The number of aromatic nitrogens is 5. The van der Waals surface area contributed by atoms with Crippen molar-refractivity contribution in [2.75, 3.05) is 0 Å². The van der Waals surface area contributed by atoms with Gasteiger partial charge in [0.2, 0.25) is 0 Å². The Morgan fingerprint density at radius 1 is 0.347 bits per heavy atom. The topological polar surface area (TPSA) is 41.8 Å². The molecule has 0 radical (unpaired) electrons. The molecule has 0 saturated heterocycles. The van der Waals surface area contributed by atoms with Gasteiger partial charge >= 0.3 is 510 Å². The molecule has 0 unspecified atom stereocenters. The first-order chi connectivity index (χ1) is 46.7. The molecule has 95 heavy (non-hydrogen) atoms. The van der Waals surface area contributed by atoms with Crippen molar-refractivity contribution in [1.82, 2.24) is 23.3 Å². The van der Waals surface area contributed by atoms with Gasteiger partial charge in [0.05, 0.1) is 0 Å². The van der Waals surface area contributed by atoms with Crippen molar-refractivity contribution < 1.29 is 24.1 Å². The van der Waals surface area contributed by atoms with E-state index in [-0.39, 0.29) is 5.41 Å². The number of nitrogens with zero attached hydrogens (tertiary/aromatic N) is 5. The van der Waals surface area contributed by atoms with Gasteiger partial charge in [0.15, 0.2) is 0 Å². The summed E-state index contributed by atoms with van der Waals surface area (Å²) < 4.78 is 17.4. The van der Waals surface area contributed by atoms with Gasteiger partial charge < -0.3 is 0 Å². The van der Waals surface area contributed by atoms with Gasteiger partial charge in [-0.2, -0.15) is 0 Å². The third kappa shape index (κ3) is 10.00. The molecule has 17 aromatic rings. The predicted octanol–water partition coefficient (Wildman–Crippen LogP) is 22.8. The van der Waals surface area contributed by atoms with Gasteiger partial charge in [0.1, 0.15) is 0 Å². The van der Waals surface area contributed by atoms with Crippen molar-refractivity contribution in [3.05, 3.63) is 337 Å². The summed E-state index contributed by atoms with van der Waals surface area (Å²) in [6, 6.07) is 119. The number of para-hydroxylation sites is 5. The fraction of sp³-hybridized carbons (Fsp3) is 0.0455. The molecule has 6 nitrogen and oxygen atoms in total. The van der Waals surface area contributed by atoms with E-state index in [1.807, 2.05) is 18.3 Å².